The maximum absolute atomic E-state index is 6.52. The van der Waals surface area contributed by atoms with Gasteiger partial charge in [0, 0.05) is 29.0 Å². The highest BCUT2D eigenvalue weighted by atomic mass is 35.5. The summed E-state index contributed by atoms with van der Waals surface area (Å²) in [5, 5.41) is 4.23. The molecule has 5 aliphatic rings. The lowest BCUT2D eigenvalue weighted by atomic mass is 9.58. The highest BCUT2D eigenvalue weighted by Crippen LogP contribution is 2.60. The zero-order valence-electron chi connectivity index (χ0n) is 16.1. The number of fused-ring (bicyclic) bond motifs is 2. The zero-order chi connectivity index (χ0) is 18.8. The summed E-state index contributed by atoms with van der Waals surface area (Å²) < 4.78 is 12.9. The molecule has 1 saturated carbocycles. The molecule has 4 saturated heterocycles. The van der Waals surface area contributed by atoms with Crippen LogP contribution >= 0.6 is 11.6 Å². The molecular weight excluding hydrogens is 366 g/mol. The first kappa shape index (κ1) is 18.2. The minimum atomic E-state index is -0.737. The summed E-state index contributed by atoms with van der Waals surface area (Å²) in [4.78, 5) is 12.0. The minimum Gasteiger partial charge on any atom is -0.360 e. The van der Waals surface area contributed by atoms with Gasteiger partial charge in [-0.3, -0.25) is 0 Å². The van der Waals surface area contributed by atoms with Gasteiger partial charge in [0.05, 0.1) is 0 Å². The maximum atomic E-state index is 6.52. The number of benzene rings is 1. The Labute approximate surface area is 165 Å². The highest BCUT2D eigenvalue weighted by Gasteiger charge is 2.69. The van der Waals surface area contributed by atoms with Crippen molar-refractivity contribution in [3.05, 3.63) is 29.3 Å². The molecule has 4 aliphatic heterocycles. The molecular formula is C21H28ClNO4. The second kappa shape index (κ2) is 6.33. The van der Waals surface area contributed by atoms with Crippen molar-refractivity contribution in [3.63, 3.8) is 0 Å². The van der Waals surface area contributed by atoms with E-state index in [9.17, 15) is 0 Å². The summed E-state index contributed by atoms with van der Waals surface area (Å²) in [6.07, 6.45) is 3.59. The van der Waals surface area contributed by atoms with Gasteiger partial charge in [0.25, 0.3) is 0 Å². The molecule has 148 valence electrons. The van der Waals surface area contributed by atoms with Crippen molar-refractivity contribution in [1.29, 1.82) is 0 Å². The Balaban J connectivity index is 1.49. The highest BCUT2D eigenvalue weighted by molar-refractivity contribution is 6.30. The van der Waals surface area contributed by atoms with E-state index in [0.717, 1.165) is 24.9 Å². The van der Waals surface area contributed by atoms with Crippen LogP contribution in [0, 0.1) is 23.7 Å². The van der Waals surface area contributed by atoms with Gasteiger partial charge in [-0.2, -0.15) is 0 Å². The lowest BCUT2D eigenvalue weighted by Crippen LogP contribution is -2.71. The molecule has 0 amide bonds. The summed E-state index contributed by atoms with van der Waals surface area (Å²) in [7, 11) is 0. The van der Waals surface area contributed by atoms with E-state index in [4.69, 9.17) is 30.8 Å². The Hall–Kier alpha value is -0.850. The Morgan fingerprint density at radius 3 is 2.78 bits per heavy atom. The fourth-order valence-electron chi connectivity index (χ4n) is 5.81. The Bertz CT molecular complexity index is 732. The Kier molecular flexibility index (Phi) is 4.26. The number of anilines is 1. The van der Waals surface area contributed by atoms with E-state index < -0.39 is 17.7 Å². The van der Waals surface area contributed by atoms with Gasteiger partial charge in [-0.15, -0.1) is 0 Å². The van der Waals surface area contributed by atoms with Gasteiger partial charge in [-0.05, 0) is 56.2 Å². The summed E-state index contributed by atoms with van der Waals surface area (Å²) >= 11 is 6.16. The monoisotopic (exact) mass is 393 g/mol. The molecule has 1 spiro atoms. The zero-order valence-corrected chi connectivity index (χ0v) is 16.9. The standard InChI is InChI=1S/C21H28ClNO4/c1-12-7-8-17-13(2)18(23-15-6-4-5-14(22)11-15)24-19-21(17)16(12)9-10-20(3,25-19)26-27-21/h4-6,11-13,16-19,23H,7-10H2,1-3H3/t12-,13-,16+,17+,18?,19-,20-,21-/m1/s1. The number of hydrogen-bond donors (Lipinski definition) is 1. The topological polar surface area (TPSA) is 49.0 Å². The van der Waals surface area contributed by atoms with Crippen LogP contribution in [-0.2, 0) is 19.2 Å². The first-order valence-corrected chi connectivity index (χ1v) is 10.5. The number of rotatable bonds is 2. The Morgan fingerprint density at radius 1 is 1.11 bits per heavy atom. The van der Waals surface area contributed by atoms with Crippen LogP contribution in [0.2, 0.25) is 5.02 Å². The van der Waals surface area contributed by atoms with E-state index in [1.165, 1.54) is 6.42 Å². The average molecular weight is 394 g/mol. The van der Waals surface area contributed by atoms with Crippen molar-refractivity contribution in [1.82, 2.24) is 0 Å². The molecule has 5 fully saturated rings. The minimum absolute atomic E-state index is 0.162. The quantitative estimate of drug-likeness (QED) is 0.719. The van der Waals surface area contributed by atoms with Gasteiger partial charge in [-0.25, -0.2) is 9.78 Å². The second-order valence-electron chi connectivity index (χ2n) is 8.98. The normalized spacial score (nSPS) is 48.6. The molecule has 6 rings (SSSR count). The van der Waals surface area contributed by atoms with Crippen LogP contribution < -0.4 is 5.32 Å². The third-order valence-electron chi connectivity index (χ3n) is 7.29. The van der Waals surface area contributed by atoms with Crippen molar-refractivity contribution in [2.45, 2.75) is 70.4 Å². The number of ether oxygens (including phenoxy) is 2. The third-order valence-corrected chi connectivity index (χ3v) is 7.53. The van der Waals surface area contributed by atoms with E-state index in [2.05, 4.69) is 19.2 Å². The van der Waals surface area contributed by atoms with Crippen molar-refractivity contribution in [2.24, 2.45) is 23.7 Å². The van der Waals surface area contributed by atoms with Crippen LogP contribution in [0.3, 0.4) is 0 Å². The Morgan fingerprint density at radius 2 is 1.96 bits per heavy atom. The van der Waals surface area contributed by atoms with E-state index >= 15 is 0 Å². The van der Waals surface area contributed by atoms with Crippen molar-refractivity contribution in [3.8, 4) is 0 Å². The van der Waals surface area contributed by atoms with Gasteiger partial charge in [-0.1, -0.05) is 31.5 Å². The molecule has 8 atom stereocenters. The van der Waals surface area contributed by atoms with Gasteiger partial charge >= 0.3 is 0 Å². The van der Waals surface area contributed by atoms with Gasteiger partial charge in [0.1, 0.15) is 6.23 Å². The average Bonchev–Trinajstić information content (AvgIpc) is 2.86. The van der Waals surface area contributed by atoms with E-state index in [1.54, 1.807) is 0 Å². The summed E-state index contributed by atoms with van der Waals surface area (Å²) in [6, 6.07) is 7.76. The number of nitrogens with one attached hydrogen (secondary N) is 1. The summed E-state index contributed by atoms with van der Waals surface area (Å²) in [5.41, 5.74) is 0.442. The number of hydrogen-bond acceptors (Lipinski definition) is 5. The maximum Gasteiger partial charge on any atom is 0.201 e. The predicted octanol–water partition coefficient (Wildman–Crippen LogP) is 4.96. The summed E-state index contributed by atoms with van der Waals surface area (Å²) in [6.45, 7) is 6.53. The molecule has 1 N–H and O–H groups in total. The van der Waals surface area contributed by atoms with Gasteiger partial charge in [0.2, 0.25) is 5.79 Å². The van der Waals surface area contributed by atoms with Crippen molar-refractivity contribution < 1.29 is 19.2 Å². The van der Waals surface area contributed by atoms with E-state index in [0.29, 0.717) is 22.8 Å². The predicted molar refractivity (Wildman–Crippen MR) is 102 cm³/mol. The van der Waals surface area contributed by atoms with Crippen LogP contribution in [0.15, 0.2) is 24.3 Å². The fourth-order valence-corrected chi connectivity index (χ4v) is 6.00. The first-order chi connectivity index (χ1) is 12.9. The van der Waals surface area contributed by atoms with Crippen LogP contribution in [0.1, 0.15) is 46.5 Å². The molecule has 27 heavy (non-hydrogen) atoms. The molecule has 0 radical (unpaired) electrons. The molecule has 2 bridgehead atoms. The fraction of sp³-hybridized carbons (Fsp3) is 0.714. The van der Waals surface area contributed by atoms with Gasteiger partial charge in [0.15, 0.2) is 11.9 Å². The molecule has 4 heterocycles. The molecule has 1 aromatic carbocycles. The van der Waals surface area contributed by atoms with Crippen LogP contribution in [0.5, 0.6) is 0 Å². The van der Waals surface area contributed by atoms with Crippen LogP contribution in [-0.4, -0.2) is 23.9 Å². The lowest BCUT2D eigenvalue weighted by molar-refractivity contribution is -0.570. The molecule has 5 nitrogen and oxygen atoms in total. The van der Waals surface area contributed by atoms with Crippen molar-refractivity contribution >= 4 is 17.3 Å². The van der Waals surface area contributed by atoms with E-state index in [-0.39, 0.29) is 12.1 Å². The smallest absolute Gasteiger partial charge is 0.201 e. The molecule has 6 heteroatoms. The van der Waals surface area contributed by atoms with Crippen LogP contribution in [0.25, 0.3) is 0 Å². The molecule has 1 aliphatic carbocycles. The van der Waals surface area contributed by atoms with Gasteiger partial charge < -0.3 is 14.8 Å². The molecule has 1 aromatic rings. The second-order valence-corrected chi connectivity index (χ2v) is 9.42. The van der Waals surface area contributed by atoms with E-state index in [1.807, 2.05) is 31.2 Å². The van der Waals surface area contributed by atoms with Crippen molar-refractivity contribution in [2.75, 3.05) is 5.32 Å². The molecule has 0 aromatic heterocycles. The summed E-state index contributed by atoms with van der Waals surface area (Å²) in [5.74, 6) is 0.796. The van der Waals surface area contributed by atoms with Crippen LogP contribution in [0.4, 0.5) is 5.69 Å². The molecule has 1 unspecified atom stereocenters. The lowest BCUT2D eigenvalue weighted by Gasteiger charge is -2.60. The largest absolute Gasteiger partial charge is 0.360 e. The third kappa shape index (κ3) is 2.74. The number of halogens is 1. The first-order valence-electron chi connectivity index (χ1n) is 10.1. The SMILES string of the molecule is C[C@@H]1CC[C@H]2[C@@H](C)C(Nc3cccc(Cl)c3)O[C@@H]3O[C@@]4(C)CC[C@@H]1[C@]32OO4.